The molecule has 0 radical (unpaired) electrons. The molecule has 76 valence electrons. The van der Waals surface area contributed by atoms with Crippen molar-refractivity contribution in [1.82, 2.24) is 0 Å². The molecule has 0 spiro atoms. The van der Waals surface area contributed by atoms with E-state index in [0.717, 1.165) is 0 Å². The summed E-state index contributed by atoms with van der Waals surface area (Å²) in [4.78, 5) is 0. The Morgan fingerprint density at radius 3 is 1.08 bits per heavy atom. The number of hydrogen-bond acceptors (Lipinski definition) is 0. The normalized spacial score (nSPS) is 44.3. The first kappa shape index (κ1) is 11.7. The van der Waals surface area contributed by atoms with Crippen molar-refractivity contribution in [3.8, 4) is 0 Å². The highest BCUT2D eigenvalue weighted by molar-refractivity contribution is 6.50. The maximum absolute atomic E-state index is 12.9. The number of alkyl halides is 6. The summed E-state index contributed by atoms with van der Waals surface area (Å²) in [5, 5.41) is -10.5. The van der Waals surface area contributed by atoms with Gasteiger partial charge in [-0.2, -0.15) is 8.78 Å². The Morgan fingerprint density at radius 2 is 1.00 bits per heavy atom. The van der Waals surface area contributed by atoms with Crippen molar-refractivity contribution in [3.63, 3.8) is 0 Å². The average Bonchev–Trinajstić information content (AvgIpc) is 2.05. The number of rotatable bonds is 0. The number of allylic oxidation sites excluding steroid dienone is 2. The topological polar surface area (TPSA) is 0 Å². The SMILES string of the molecule is FC1(Cl)C(Cl)=C(Cl)C(F)(Cl)C1(F)F. The van der Waals surface area contributed by atoms with E-state index in [1.54, 1.807) is 0 Å². The van der Waals surface area contributed by atoms with Crippen LogP contribution in [-0.2, 0) is 0 Å². The molecule has 2 unspecified atom stereocenters. The van der Waals surface area contributed by atoms with Crippen molar-refractivity contribution in [1.29, 1.82) is 0 Å². The summed E-state index contributed by atoms with van der Waals surface area (Å²) in [5.41, 5.74) is 0. The van der Waals surface area contributed by atoms with Gasteiger partial charge >= 0.3 is 5.92 Å². The number of halogens is 8. The molecule has 0 aromatic rings. The van der Waals surface area contributed by atoms with Crippen LogP contribution in [0, 0.1) is 0 Å². The fourth-order valence-corrected chi connectivity index (χ4v) is 1.84. The first-order valence-corrected chi connectivity index (χ1v) is 4.27. The standard InChI is InChI=1S/C5Cl4F4/c6-1-2(7)4(9,11)5(12,13)3(1,8)10. The summed E-state index contributed by atoms with van der Waals surface area (Å²) < 4.78 is 51.4. The third-order valence-corrected chi connectivity index (χ3v) is 3.57. The fourth-order valence-electron chi connectivity index (χ4n) is 0.749. The van der Waals surface area contributed by atoms with Gasteiger partial charge in [0.05, 0.1) is 10.1 Å². The van der Waals surface area contributed by atoms with E-state index in [2.05, 4.69) is 23.2 Å². The highest BCUT2D eigenvalue weighted by Gasteiger charge is 2.76. The van der Waals surface area contributed by atoms with Crippen LogP contribution in [0.3, 0.4) is 0 Å². The largest absolute Gasteiger partial charge is 0.352 e. The van der Waals surface area contributed by atoms with Gasteiger partial charge in [-0.15, -0.1) is 0 Å². The Balaban J connectivity index is 3.39. The van der Waals surface area contributed by atoms with Crippen molar-refractivity contribution in [2.45, 2.75) is 16.2 Å². The molecule has 1 aliphatic carbocycles. The molecule has 0 fully saturated rings. The van der Waals surface area contributed by atoms with E-state index in [1.807, 2.05) is 0 Å². The molecule has 0 aromatic carbocycles. The highest BCUT2D eigenvalue weighted by Crippen LogP contribution is 2.63. The summed E-state index contributed by atoms with van der Waals surface area (Å²) in [7, 11) is 0. The van der Waals surface area contributed by atoms with Crippen molar-refractivity contribution in [2.24, 2.45) is 0 Å². The van der Waals surface area contributed by atoms with Crippen LogP contribution in [0.1, 0.15) is 0 Å². The van der Waals surface area contributed by atoms with Crippen LogP contribution < -0.4 is 0 Å². The minimum absolute atomic E-state index is 1.33. The van der Waals surface area contributed by atoms with E-state index in [-0.39, 0.29) is 0 Å². The molecule has 1 rings (SSSR count). The van der Waals surface area contributed by atoms with Gasteiger partial charge in [0.1, 0.15) is 0 Å². The quantitative estimate of drug-likeness (QED) is 0.461. The predicted octanol–water partition coefficient (Wildman–Crippen LogP) is 4.13. The Labute approximate surface area is 90.4 Å². The molecule has 8 heteroatoms. The van der Waals surface area contributed by atoms with Gasteiger partial charge in [-0.25, -0.2) is 8.78 Å². The second-order valence-corrected chi connectivity index (χ2v) is 4.15. The van der Waals surface area contributed by atoms with Crippen molar-refractivity contribution in [3.05, 3.63) is 10.1 Å². The Bertz CT molecular complexity index is 256. The first-order chi connectivity index (χ1) is 5.57. The van der Waals surface area contributed by atoms with Gasteiger partial charge in [0.25, 0.3) is 10.3 Å². The lowest BCUT2D eigenvalue weighted by atomic mass is 10.2. The van der Waals surface area contributed by atoms with Crippen molar-refractivity contribution < 1.29 is 17.6 Å². The van der Waals surface area contributed by atoms with Crippen molar-refractivity contribution >= 4 is 46.4 Å². The van der Waals surface area contributed by atoms with Gasteiger partial charge in [-0.3, -0.25) is 0 Å². The van der Waals surface area contributed by atoms with E-state index in [4.69, 9.17) is 23.2 Å². The van der Waals surface area contributed by atoms with Gasteiger partial charge in [0, 0.05) is 0 Å². The van der Waals surface area contributed by atoms with E-state index < -0.39 is 26.2 Å². The summed E-state index contributed by atoms with van der Waals surface area (Å²) >= 11 is 19.3. The fraction of sp³-hybridized carbons (Fsp3) is 0.600. The highest BCUT2D eigenvalue weighted by atomic mass is 35.5. The molecule has 0 saturated carbocycles. The molecule has 0 amide bonds. The van der Waals surface area contributed by atoms with Gasteiger partial charge in [-0.05, 0) is 0 Å². The Morgan fingerprint density at radius 1 is 0.769 bits per heavy atom. The van der Waals surface area contributed by atoms with Gasteiger partial charge < -0.3 is 0 Å². The maximum Gasteiger partial charge on any atom is 0.352 e. The molecule has 13 heavy (non-hydrogen) atoms. The first-order valence-electron chi connectivity index (χ1n) is 2.76. The lowest BCUT2D eigenvalue weighted by Gasteiger charge is -2.26. The van der Waals surface area contributed by atoms with Crippen LogP contribution >= 0.6 is 46.4 Å². The van der Waals surface area contributed by atoms with Crippen LogP contribution in [-0.4, -0.2) is 16.2 Å². The zero-order valence-electron chi connectivity index (χ0n) is 5.52. The molecule has 0 saturated heterocycles. The van der Waals surface area contributed by atoms with E-state index in [1.165, 1.54) is 0 Å². The second kappa shape index (κ2) is 2.81. The molecule has 0 aliphatic heterocycles. The molecule has 0 bridgehead atoms. The summed E-state index contributed by atoms with van der Waals surface area (Å²) in [5.74, 6) is -4.71. The monoisotopic (exact) mass is 276 g/mol. The molecule has 0 heterocycles. The third kappa shape index (κ3) is 1.19. The Hall–Kier alpha value is 0.620. The van der Waals surface area contributed by atoms with Crippen molar-refractivity contribution in [2.75, 3.05) is 0 Å². The zero-order chi connectivity index (χ0) is 10.7. The van der Waals surface area contributed by atoms with Gasteiger partial charge in [-0.1, -0.05) is 46.4 Å². The van der Waals surface area contributed by atoms with Gasteiger partial charge in [0.2, 0.25) is 0 Å². The van der Waals surface area contributed by atoms with E-state index in [0.29, 0.717) is 0 Å². The molecule has 0 nitrogen and oxygen atoms in total. The molecular weight excluding hydrogens is 278 g/mol. The average molecular weight is 278 g/mol. The third-order valence-electron chi connectivity index (χ3n) is 1.53. The minimum atomic E-state index is -4.71. The smallest absolute Gasteiger partial charge is 0.213 e. The molecular formula is C5Cl4F4. The van der Waals surface area contributed by atoms with E-state index in [9.17, 15) is 17.6 Å². The molecule has 0 N–H and O–H groups in total. The van der Waals surface area contributed by atoms with Gasteiger partial charge in [0.15, 0.2) is 0 Å². The number of hydrogen-bond donors (Lipinski definition) is 0. The van der Waals surface area contributed by atoms with Crippen LogP contribution in [0.5, 0.6) is 0 Å². The summed E-state index contributed by atoms with van der Waals surface area (Å²) in [6.45, 7) is 0. The summed E-state index contributed by atoms with van der Waals surface area (Å²) in [6, 6.07) is 0. The van der Waals surface area contributed by atoms with Crippen LogP contribution in [0.15, 0.2) is 10.1 Å². The lowest BCUT2D eigenvalue weighted by molar-refractivity contribution is -0.120. The Kier molecular flexibility index (Phi) is 2.53. The zero-order valence-corrected chi connectivity index (χ0v) is 8.55. The maximum atomic E-state index is 12.9. The summed E-state index contributed by atoms with van der Waals surface area (Å²) in [6.07, 6.45) is 0. The molecule has 0 aromatic heterocycles. The van der Waals surface area contributed by atoms with Crippen LogP contribution in [0.4, 0.5) is 17.6 Å². The predicted molar refractivity (Wildman–Crippen MR) is 43.1 cm³/mol. The minimum Gasteiger partial charge on any atom is -0.213 e. The van der Waals surface area contributed by atoms with Crippen LogP contribution in [0.25, 0.3) is 0 Å². The second-order valence-electron chi connectivity index (χ2n) is 2.35. The lowest BCUT2D eigenvalue weighted by Crippen LogP contribution is -2.47. The van der Waals surface area contributed by atoms with Crippen LogP contribution in [0.2, 0.25) is 0 Å². The molecule has 1 aliphatic rings. The molecule has 2 atom stereocenters. The van der Waals surface area contributed by atoms with E-state index >= 15 is 0 Å².